The average molecular weight is 254 g/mol. The summed E-state index contributed by atoms with van der Waals surface area (Å²) in [6.07, 6.45) is 4.05. The molecule has 0 aromatic carbocycles. The Kier molecular flexibility index (Phi) is 4.62. The second-order valence-electron chi connectivity index (χ2n) is 5.88. The molecular weight excluding hydrogens is 228 g/mol. The fraction of sp³-hybridized carbons (Fsp3) is 0.929. The van der Waals surface area contributed by atoms with Gasteiger partial charge in [-0.05, 0) is 40.0 Å². The second-order valence-corrected chi connectivity index (χ2v) is 5.88. The van der Waals surface area contributed by atoms with Crippen molar-refractivity contribution in [3.63, 3.8) is 0 Å². The monoisotopic (exact) mass is 254 g/mol. The van der Waals surface area contributed by atoms with Gasteiger partial charge < -0.3 is 9.64 Å². The van der Waals surface area contributed by atoms with Crippen molar-refractivity contribution in [2.75, 3.05) is 26.2 Å². The first-order valence-corrected chi connectivity index (χ1v) is 7.23. The van der Waals surface area contributed by atoms with Gasteiger partial charge in [-0.1, -0.05) is 0 Å². The van der Waals surface area contributed by atoms with Crippen LogP contribution < -0.4 is 0 Å². The summed E-state index contributed by atoms with van der Waals surface area (Å²) in [6, 6.07) is 0.419. The Balaban J connectivity index is 1.86. The van der Waals surface area contributed by atoms with E-state index in [4.69, 9.17) is 4.74 Å². The van der Waals surface area contributed by atoms with Crippen LogP contribution in [0.4, 0.5) is 0 Å². The van der Waals surface area contributed by atoms with Gasteiger partial charge in [-0.2, -0.15) is 0 Å². The summed E-state index contributed by atoms with van der Waals surface area (Å²) in [5.41, 5.74) is 0. The Morgan fingerprint density at radius 3 is 2.44 bits per heavy atom. The summed E-state index contributed by atoms with van der Waals surface area (Å²) in [5.74, 6) is 0.295. The number of piperidine rings is 1. The highest BCUT2D eigenvalue weighted by Gasteiger charge is 2.28. The lowest BCUT2D eigenvalue weighted by molar-refractivity contribution is -0.139. The number of hydrogen-bond acceptors (Lipinski definition) is 3. The third kappa shape index (κ3) is 3.45. The van der Waals surface area contributed by atoms with Crippen molar-refractivity contribution in [1.82, 2.24) is 9.80 Å². The van der Waals surface area contributed by atoms with E-state index in [0.29, 0.717) is 18.5 Å². The lowest BCUT2D eigenvalue weighted by Crippen LogP contribution is -2.52. The Hall–Kier alpha value is -0.610. The molecule has 2 rings (SSSR count). The zero-order valence-corrected chi connectivity index (χ0v) is 11.9. The number of likely N-dealkylation sites (tertiary alicyclic amines) is 1. The van der Waals surface area contributed by atoms with Crippen molar-refractivity contribution in [3.8, 4) is 0 Å². The third-order valence-corrected chi connectivity index (χ3v) is 3.98. The van der Waals surface area contributed by atoms with Crippen molar-refractivity contribution >= 4 is 5.91 Å². The number of rotatable bonds is 2. The summed E-state index contributed by atoms with van der Waals surface area (Å²) >= 11 is 0. The molecule has 18 heavy (non-hydrogen) atoms. The van der Waals surface area contributed by atoms with Crippen LogP contribution in [0.5, 0.6) is 0 Å². The predicted octanol–water partition coefficient (Wildman–Crippen LogP) is 1.50. The number of morpholine rings is 1. The minimum absolute atomic E-state index is 0.236. The molecule has 0 aromatic rings. The molecule has 4 heteroatoms. The van der Waals surface area contributed by atoms with E-state index in [1.165, 1.54) is 6.42 Å². The van der Waals surface area contributed by atoms with E-state index in [1.807, 2.05) is 0 Å². The van der Waals surface area contributed by atoms with Crippen molar-refractivity contribution in [2.24, 2.45) is 0 Å². The molecule has 4 nitrogen and oxygen atoms in total. The van der Waals surface area contributed by atoms with Crippen LogP contribution in [-0.4, -0.2) is 60.1 Å². The Morgan fingerprint density at radius 2 is 1.83 bits per heavy atom. The van der Waals surface area contributed by atoms with E-state index in [0.717, 1.165) is 32.5 Å². The van der Waals surface area contributed by atoms with Gasteiger partial charge in [0.2, 0.25) is 5.91 Å². The maximum absolute atomic E-state index is 12.3. The number of carbonyl (C=O) groups is 1. The molecule has 2 heterocycles. The summed E-state index contributed by atoms with van der Waals surface area (Å²) in [7, 11) is 0. The normalized spacial score (nSPS) is 34.6. The van der Waals surface area contributed by atoms with Gasteiger partial charge >= 0.3 is 0 Å². The van der Waals surface area contributed by atoms with Gasteiger partial charge in [0.15, 0.2) is 0 Å². The molecule has 0 N–H and O–H groups in total. The first kappa shape index (κ1) is 13.8. The number of nitrogens with zero attached hydrogens (tertiary/aromatic N) is 2. The Bertz CT molecular complexity index is 286. The zero-order chi connectivity index (χ0) is 13.1. The maximum atomic E-state index is 12.3. The molecular formula is C14H26N2O2. The highest BCUT2D eigenvalue weighted by atomic mass is 16.5. The van der Waals surface area contributed by atoms with Gasteiger partial charge in [-0.3, -0.25) is 9.69 Å². The summed E-state index contributed by atoms with van der Waals surface area (Å²) in [5, 5.41) is 0. The molecule has 0 bridgehead atoms. The van der Waals surface area contributed by atoms with Gasteiger partial charge in [-0.25, -0.2) is 0 Å². The fourth-order valence-electron chi connectivity index (χ4n) is 3.16. The highest BCUT2D eigenvalue weighted by molar-refractivity contribution is 5.78. The third-order valence-electron chi connectivity index (χ3n) is 3.98. The van der Waals surface area contributed by atoms with E-state index in [-0.39, 0.29) is 12.2 Å². The van der Waals surface area contributed by atoms with Crippen LogP contribution in [0.25, 0.3) is 0 Å². The number of hydrogen-bond donors (Lipinski definition) is 0. The van der Waals surface area contributed by atoms with Crippen LogP contribution in [0.1, 0.15) is 40.0 Å². The summed E-state index contributed by atoms with van der Waals surface area (Å²) in [6.45, 7) is 9.57. The molecule has 2 fully saturated rings. The smallest absolute Gasteiger partial charge is 0.236 e. The number of carbonyl (C=O) groups excluding carboxylic acids is 1. The molecule has 0 aromatic heterocycles. The van der Waals surface area contributed by atoms with Crippen LogP contribution in [-0.2, 0) is 9.53 Å². The van der Waals surface area contributed by atoms with Crippen molar-refractivity contribution in [3.05, 3.63) is 0 Å². The molecule has 3 atom stereocenters. The van der Waals surface area contributed by atoms with E-state index in [2.05, 4.69) is 30.6 Å². The molecule has 2 aliphatic heterocycles. The van der Waals surface area contributed by atoms with Gasteiger partial charge in [0.25, 0.3) is 0 Å². The van der Waals surface area contributed by atoms with E-state index in [1.54, 1.807) is 0 Å². The highest BCUT2D eigenvalue weighted by Crippen LogP contribution is 2.17. The SMILES string of the molecule is CC1CN(CC(=O)N2CCCCC2C)CC(C)O1. The van der Waals surface area contributed by atoms with E-state index in [9.17, 15) is 4.79 Å². The van der Waals surface area contributed by atoms with Gasteiger partial charge in [0, 0.05) is 25.7 Å². The van der Waals surface area contributed by atoms with Crippen LogP contribution >= 0.6 is 0 Å². The maximum Gasteiger partial charge on any atom is 0.236 e. The summed E-state index contributed by atoms with van der Waals surface area (Å²) < 4.78 is 5.70. The van der Waals surface area contributed by atoms with Crippen LogP contribution in [0.3, 0.4) is 0 Å². The molecule has 0 saturated carbocycles. The van der Waals surface area contributed by atoms with Gasteiger partial charge in [0.05, 0.1) is 18.8 Å². The van der Waals surface area contributed by atoms with E-state index >= 15 is 0 Å². The summed E-state index contributed by atoms with van der Waals surface area (Å²) in [4.78, 5) is 16.6. The average Bonchev–Trinajstić information content (AvgIpc) is 2.27. The molecule has 104 valence electrons. The molecule has 2 aliphatic rings. The molecule has 0 radical (unpaired) electrons. The topological polar surface area (TPSA) is 32.8 Å². The van der Waals surface area contributed by atoms with Crippen LogP contribution in [0, 0.1) is 0 Å². The van der Waals surface area contributed by atoms with Crippen molar-refractivity contribution < 1.29 is 9.53 Å². The fourth-order valence-corrected chi connectivity index (χ4v) is 3.16. The second kappa shape index (κ2) is 6.02. The molecule has 2 saturated heterocycles. The molecule has 0 aliphatic carbocycles. The minimum atomic E-state index is 0.236. The van der Waals surface area contributed by atoms with E-state index < -0.39 is 0 Å². The number of amides is 1. The lowest BCUT2D eigenvalue weighted by Gasteiger charge is -2.38. The lowest BCUT2D eigenvalue weighted by atomic mass is 10.0. The van der Waals surface area contributed by atoms with Crippen LogP contribution in [0.2, 0.25) is 0 Å². The van der Waals surface area contributed by atoms with Crippen LogP contribution in [0.15, 0.2) is 0 Å². The van der Waals surface area contributed by atoms with Gasteiger partial charge in [-0.15, -0.1) is 0 Å². The first-order chi connectivity index (χ1) is 8.56. The standard InChI is InChI=1S/C14H26N2O2/c1-11-6-4-5-7-16(11)14(17)10-15-8-12(2)18-13(3)9-15/h11-13H,4-10H2,1-3H3. The van der Waals surface area contributed by atoms with Crippen molar-refractivity contribution in [2.45, 2.75) is 58.3 Å². The Labute approximate surface area is 110 Å². The molecule has 0 spiro atoms. The Morgan fingerprint density at radius 1 is 1.17 bits per heavy atom. The quantitative estimate of drug-likeness (QED) is 0.748. The number of ether oxygens (including phenoxy) is 1. The van der Waals surface area contributed by atoms with Crippen molar-refractivity contribution in [1.29, 1.82) is 0 Å². The molecule has 1 amide bonds. The van der Waals surface area contributed by atoms with Gasteiger partial charge in [0.1, 0.15) is 0 Å². The first-order valence-electron chi connectivity index (χ1n) is 7.23. The molecule has 3 unspecified atom stereocenters. The minimum Gasteiger partial charge on any atom is -0.373 e. The largest absolute Gasteiger partial charge is 0.373 e. The zero-order valence-electron chi connectivity index (χ0n) is 11.9. The predicted molar refractivity (Wildman–Crippen MR) is 71.5 cm³/mol.